The van der Waals surface area contributed by atoms with Crippen molar-refractivity contribution >= 4 is 44.9 Å². The third-order valence-electron chi connectivity index (χ3n) is 3.03. The van der Waals surface area contributed by atoms with Gasteiger partial charge in [0.2, 0.25) is 0 Å². The van der Waals surface area contributed by atoms with Crippen LogP contribution in [0.3, 0.4) is 0 Å². The van der Waals surface area contributed by atoms with Gasteiger partial charge in [-0.2, -0.15) is 0 Å². The molecule has 2 heterocycles. The number of fused-ring (bicyclic) bond motifs is 1. The largest absolute Gasteiger partial charge is 0.299 e. The maximum Gasteiger partial charge on any atom is 0.299 e. The Morgan fingerprint density at radius 3 is 2.65 bits per heavy atom. The number of pyridine rings is 1. The number of rotatable bonds is 2. The van der Waals surface area contributed by atoms with Crippen LogP contribution in [0.5, 0.6) is 0 Å². The maximum absolute atomic E-state index is 12.1. The zero-order chi connectivity index (χ0) is 14.3. The van der Waals surface area contributed by atoms with Gasteiger partial charge in [-0.05, 0) is 40.2 Å². The van der Waals surface area contributed by atoms with Crippen molar-refractivity contribution in [2.75, 3.05) is 4.90 Å². The molecule has 4 nitrogen and oxygen atoms in total. The molecule has 20 heavy (non-hydrogen) atoms. The molecule has 0 saturated carbocycles. The molecule has 0 bridgehead atoms. The van der Waals surface area contributed by atoms with Crippen molar-refractivity contribution in [3.8, 4) is 0 Å². The Labute approximate surface area is 128 Å². The quantitative estimate of drug-likeness (QED) is 0.616. The molecule has 1 aliphatic heterocycles. The number of carbonyl (C=O) groups is 2. The third kappa shape index (κ3) is 2.13. The molecular weight excluding hydrogens is 344 g/mol. The van der Waals surface area contributed by atoms with Crippen molar-refractivity contribution in [3.05, 3.63) is 57.3 Å². The molecule has 0 atom stereocenters. The van der Waals surface area contributed by atoms with E-state index in [0.29, 0.717) is 26.6 Å². The highest BCUT2D eigenvalue weighted by Gasteiger charge is 2.37. The first kappa shape index (κ1) is 13.3. The minimum atomic E-state index is -0.548. The molecule has 0 saturated heterocycles. The lowest BCUT2D eigenvalue weighted by Crippen LogP contribution is -2.29. The van der Waals surface area contributed by atoms with Crippen LogP contribution in [0.1, 0.15) is 16.1 Å². The number of halogens is 2. The summed E-state index contributed by atoms with van der Waals surface area (Å²) in [5.74, 6) is -1.04. The zero-order valence-corrected chi connectivity index (χ0v) is 12.5. The van der Waals surface area contributed by atoms with Crippen molar-refractivity contribution in [2.45, 2.75) is 6.54 Å². The van der Waals surface area contributed by atoms with Gasteiger partial charge in [0.1, 0.15) is 5.15 Å². The fraction of sp³-hybridized carbons (Fsp3) is 0.0714. The van der Waals surface area contributed by atoms with Crippen LogP contribution in [-0.2, 0) is 11.3 Å². The summed E-state index contributed by atoms with van der Waals surface area (Å²) in [4.78, 5) is 29.6. The number of Topliss-reactive ketones (excluding diaryl/α,β-unsaturated/α-hetero) is 1. The van der Waals surface area contributed by atoms with Gasteiger partial charge in [-0.15, -0.1) is 0 Å². The lowest BCUT2D eigenvalue weighted by atomic mass is 10.1. The Morgan fingerprint density at radius 1 is 1.15 bits per heavy atom. The molecule has 1 aromatic heterocycles. The van der Waals surface area contributed by atoms with E-state index in [1.165, 1.54) is 4.90 Å². The average Bonchev–Trinajstić information content (AvgIpc) is 2.66. The Kier molecular flexibility index (Phi) is 3.31. The van der Waals surface area contributed by atoms with Crippen molar-refractivity contribution in [1.29, 1.82) is 0 Å². The van der Waals surface area contributed by atoms with Crippen molar-refractivity contribution in [2.24, 2.45) is 0 Å². The fourth-order valence-electron chi connectivity index (χ4n) is 2.16. The molecule has 1 aromatic carbocycles. The first-order valence-electron chi connectivity index (χ1n) is 5.84. The van der Waals surface area contributed by atoms with E-state index in [4.69, 9.17) is 11.6 Å². The van der Waals surface area contributed by atoms with E-state index in [2.05, 4.69) is 20.9 Å². The predicted octanol–water partition coefficient (Wildman–Crippen LogP) is 3.23. The summed E-state index contributed by atoms with van der Waals surface area (Å²) in [7, 11) is 0. The highest BCUT2D eigenvalue weighted by atomic mass is 79.9. The second-order valence-corrected chi connectivity index (χ2v) is 5.55. The van der Waals surface area contributed by atoms with E-state index in [9.17, 15) is 9.59 Å². The Bertz CT molecular complexity index is 733. The van der Waals surface area contributed by atoms with Crippen LogP contribution in [0.4, 0.5) is 5.69 Å². The van der Waals surface area contributed by atoms with E-state index in [0.717, 1.165) is 0 Å². The van der Waals surface area contributed by atoms with E-state index >= 15 is 0 Å². The third-order valence-corrected chi connectivity index (χ3v) is 3.88. The molecule has 0 unspecified atom stereocenters. The first-order valence-corrected chi connectivity index (χ1v) is 7.01. The molecule has 1 aliphatic rings. The van der Waals surface area contributed by atoms with Gasteiger partial charge in [0.25, 0.3) is 11.7 Å². The SMILES string of the molecule is O=C1C(=O)N(Cc2cccc(Cl)n2)c2c(Br)cccc21. The lowest BCUT2D eigenvalue weighted by molar-refractivity contribution is -0.114. The van der Waals surface area contributed by atoms with Gasteiger partial charge in [-0.3, -0.25) is 14.5 Å². The molecule has 3 rings (SSSR count). The summed E-state index contributed by atoms with van der Waals surface area (Å²) < 4.78 is 0.705. The molecule has 100 valence electrons. The highest BCUT2D eigenvalue weighted by molar-refractivity contribution is 9.10. The number of nitrogens with zero attached hydrogens (tertiary/aromatic N) is 2. The molecular formula is C14H8BrClN2O2. The maximum atomic E-state index is 12.1. The topological polar surface area (TPSA) is 50.3 Å². The summed E-state index contributed by atoms with van der Waals surface area (Å²) in [5.41, 5.74) is 1.62. The summed E-state index contributed by atoms with van der Waals surface area (Å²) >= 11 is 9.21. The molecule has 0 N–H and O–H groups in total. The van der Waals surface area contributed by atoms with Crippen LogP contribution in [0.25, 0.3) is 0 Å². The normalized spacial score (nSPS) is 13.8. The second kappa shape index (κ2) is 5.00. The van der Waals surface area contributed by atoms with Crippen LogP contribution in [0.2, 0.25) is 5.15 Å². The number of benzene rings is 1. The van der Waals surface area contributed by atoms with E-state index in [1.54, 1.807) is 36.4 Å². The second-order valence-electron chi connectivity index (χ2n) is 4.31. The average molecular weight is 352 g/mol. The number of carbonyl (C=O) groups excluding carboxylic acids is 2. The minimum Gasteiger partial charge on any atom is -0.298 e. The van der Waals surface area contributed by atoms with Gasteiger partial charge in [-0.1, -0.05) is 23.7 Å². The molecule has 0 fully saturated rings. The van der Waals surface area contributed by atoms with Gasteiger partial charge in [-0.25, -0.2) is 4.98 Å². The highest BCUT2D eigenvalue weighted by Crippen LogP contribution is 2.36. The number of para-hydroxylation sites is 1. The molecule has 6 heteroatoms. The molecule has 0 spiro atoms. The smallest absolute Gasteiger partial charge is 0.298 e. The molecule has 1 amide bonds. The number of hydrogen-bond acceptors (Lipinski definition) is 3. The molecule has 0 radical (unpaired) electrons. The summed E-state index contributed by atoms with van der Waals surface area (Å²) in [6, 6.07) is 10.3. The number of aromatic nitrogens is 1. The number of anilines is 1. The van der Waals surface area contributed by atoms with Gasteiger partial charge < -0.3 is 0 Å². The van der Waals surface area contributed by atoms with Crippen molar-refractivity contribution in [3.63, 3.8) is 0 Å². The molecule has 2 aromatic rings. The van der Waals surface area contributed by atoms with Crippen LogP contribution in [0.15, 0.2) is 40.9 Å². The number of amides is 1. The Balaban J connectivity index is 2.03. The minimum absolute atomic E-state index is 0.209. The van der Waals surface area contributed by atoms with Gasteiger partial charge >= 0.3 is 0 Å². The number of ketones is 1. The van der Waals surface area contributed by atoms with Crippen molar-refractivity contribution < 1.29 is 9.59 Å². The zero-order valence-electron chi connectivity index (χ0n) is 10.1. The summed E-state index contributed by atoms with van der Waals surface area (Å²) in [5, 5.41) is 0.354. The predicted molar refractivity (Wildman–Crippen MR) is 78.9 cm³/mol. The van der Waals surface area contributed by atoms with Crippen LogP contribution in [-0.4, -0.2) is 16.7 Å². The fourth-order valence-corrected chi connectivity index (χ4v) is 2.92. The van der Waals surface area contributed by atoms with Crippen LogP contribution in [0, 0.1) is 0 Å². The van der Waals surface area contributed by atoms with Gasteiger partial charge in [0.15, 0.2) is 0 Å². The monoisotopic (exact) mass is 350 g/mol. The van der Waals surface area contributed by atoms with Crippen LogP contribution < -0.4 is 4.90 Å². The molecule has 0 aliphatic carbocycles. The van der Waals surface area contributed by atoms with Gasteiger partial charge in [0.05, 0.1) is 23.5 Å². The summed E-state index contributed by atoms with van der Waals surface area (Å²) in [6.45, 7) is 0.209. The van der Waals surface area contributed by atoms with E-state index < -0.39 is 11.7 Å². The number of hydrogen-bond donors (Lipinski definition) is 0. The van der Waals surface area contributed by atoms with Crippen LogP contribution >= 0.6 is 27.5 Å². The standard InChI is InChI=1S/C14H8BrClN2O2/c15-10-5-2-4-9-12(10)18(14(20)13(9)19)7-8-3-1-6-11(16)17-8/h1-6H,7H2. The Hall–Kier alpha value is -1.72. The van der Waals surface area contributed by atoms with Gasteiger partial charge in [0, 0.05) is 4.47 Å². The van der Waals surface area contributed by atoms with E-state index in [1.807, 2.05) is 0 Å². The first-order chi connectivity index (χ1) is 9.58. The van der Waals surface area contributed by atoms with E-state index in [-0.39, 0.29) is 6.54 Å². The Morgan fingerprint density at radius 2 is 1.90 bits per heavy atom. The summed E-state index contributed by atoms with van der Waals surface area (Å²) in [6.07, 6.45) is 0. The van der Waals surface area contributed by atoms with Crippen molar-refractivity contribution in [1.82, 2.24) is 4.98 Å². The lowest BCUT2D eigenvalue weighted by Gasteiger charge is -2.17.